The van der Waals surface area contributed by atoms with E-state index in [4.69, 9.17) is 9.47 Å². The molecule has 0 unspecified atom stereocenters. The van der Waals surface area contributed by atoms with Crippen LogP contribution in [0.2, 0.25) is 0 Å². The third-order valence-corrected chi connectivity index (χ3v) is 2.31. The molecule has 5 heteroatoms. The number of hydrogen-bond acceptors (Lipinski definition) is 5. The highest BCUT2D eigenvalue weighted by Crippen LogP contribution is 2.11. The fourth-order valence-electron chi connectivity index (χ4n) is 0.961. The summed E-state index contributed by atoms with van der Waals surface area (Å²) < 4.78 is 9.78. The molecule has 0 aliphatic rings. The van der Waals surface area contributed by atoms with Gasteiger partial charge in [-0.3, -0.25) is 0 Å². The highest BCUT2D eigenvalue weighted by molar-refractivity contribution is 7.11. The van der Waals surface area contributed by atoms with Crippen molar-refractivity contribution in [2.75, 3.05) is 6.61 Å². The Labute approximate surface area is 98.2 Å². The summed E-state index contributed by atoms with van der Waals surface area (Å²) in [6.45, 7) is 4.91. The van der Waals surface area contributed by atoms with Gasteiger partial charge < -0.3 is 9.47 Å². The number of thiophene rings is 1. The Morgan fingerprint density at radius 3 is 2.56 bits per heavy atom. The van der Waals surface area contributed by atoms with Gasteiger partial charge in [-0.15, -0.1) is 11.3 Å². The number of carbonyl (C=O) groups is 2. The average Bonchev–Trinajstić information content (AvgIpc) is 2.64. The standard InChI is InChI=1S/C11H14O4S/c1-11(2,3)15-9(12)7-14-10(13)8-5-4-6-16-8/h4-6H,7H2,1-3H3. The van der Waals surface area contributed by atoms with E-state index < -0.39 is 17.5 Å². The molecule has 0 amide bonds. The summed E-state index contributed by atoms with van der Waals surface area (Å²) in [5.74, 6) is -1.04. The molecule has 0 saturated heterocycles. The second-order valence-corrected chi connectivity index (χ2v) is 5.09. The molecule has 0 aliphatic carbocycles. The van der Waals surface area contributed by atoms with E-state index in [0.717, 1.165) is 0 Å². The van der Waals surface area contributed by atoms with Crippen molar-refractivity contribution in [2.24, 2.45) is 0 Å². The van der Waals surface area contributed by atoms with Crippen LogP contribution in [0.1, 0.15) is 30.4 Å². The normalized spacial score (nSPS) is 10.9. The Balaban J connectivity index is 2.35. The lowest BCUT2D eigenvalue weighted by molar-refractivity contribution is -0.158. The molecule has 0 radical (unpaired) electrons. The van der Waals surface area contributed by atoms with Gasteiger partial charge in [-0.1, -0.05) is 6.07 Å². The van der Waals surface area contributed by atoms with E-state index in [2.05, 4.69) is 0 Å². The van der Waals surface area contributed by atoms with E-state index in [1.54, 1.807) is 38.3 Å². The molecule has 4 nitrogen and oxygen atoms in total. The maximum Gasteiger partial charge on any atom is 0.348 e. The minimum atomic E-state index is -0.563. The Morgan fingerprint density at radius 1 is 1.38 bits per heavy atom. The van der Waals surface area contributed by atoms with Gasteiger partial charge in [0.25, 0.3) is 0 Å². The van der Waals surface area contributed by atoms with Gasteiger partial charge in [-0.25, -0.2) is 9.59 Å². The molecule has 0 spiro atoms. The van der Waals surface area contributed by atoms with Gasteiger partial charge in [-0.2, -0.15) is 0 Å². The molecule has 0 N–H and O–H groups in total. The minimum absolute atomic E-state index is 0.353. The van der Waals surface area contributed by atoms with Crippen LogP contribution >= 0.6 is 11.3 Å². The number of esters is 2. The van der Waals surface area contributed by atoms with Crippen LogP contribution in [0.3, 0.4) is 0 Å². The molecule has 1 aromatic rings. The molecule has 0 bridgehead atoms. The molecular weight excluding hydrogens is 228 g/mol. The molecule has 1 aromatic heterocycles. The maximum absolute atomic E-state index is 11.4. The van der Waals surface area contributed by atoms with Crippen LogP contribution in [0.5, 0.6) is 0 Å². The van der Waals surface area contributed by atoms with E-state index >= 15 is 0 Å². The number of rotatable bonds is 3. The minimum Gasteiger partial charge on any atom is -0.457 e. The van der Waals surface area contributed by atoms with Crippen LogP contribution in [0.4, 0.5) is 0 Å². The molecule has 0 aliphatic heterocycles. The molecular formula is C11H14O4S. The number of hydrogen-bond donors (Lipinski definition) is 0. The highest BCUT2D eigenvalue weighted by atomic mass is 32.1. The van der Waals surface area contributed by atoms with Crippen LogP contribution < -0.4 is 0 Å². The van der Waals surface area contributed by atoms with Gasteiger partial charge in [0.1, 0.15) is 10.5 Å². The Kier molecular flexibility index (Phi) is 4.06. The highest BCUT2D eigenvalue weighted by Gasteiger charge is 2.18. The molecule has 0 atom stereocenters. The van der Waals surface area contributed by atoms with Gasteiger partial charge in [-0.05, 0) is 32.2 Å². The Hall–Kier alpha value is -1.36. The summed E-state index contributed by atoms with van der Waals surface area (Å²) in [4.78, 5) is 23.1. The van der Waals surface area contributed by atoms with Gasteiger partial charge in [0.2, 0.25) is 0 Å². The van der Waals surface area contributed by atoms with E-state index in [1.165, 1.54) is 11.3 Å². The summed E-state index contributed by atoms with van der Waals surface area (Å²) in [5, 5.41) is 1.77. The summed E-state index contributed by atoms with van der Waals surface area (Å²) >= 11 is 1.27. The Bertz CT molecular complexity index is 362. The van der Waals surface area contributed by atoms with Crippen molar-refractivity contribution in [3.05, 3.63) is 22.4 Å². The van der Waals surface area contributed by atoms with Gasteiger partial charge >= 0.3 is 11.9 Å². The van der Waals surface area contributed by atoms with Crippen molar-refractivity contribution in [1.29, 1.82) is 0 Å². The van der Waals surface area contributed by atoms with Crippen molar-refractivity contribution in [2.45, 2.75) is 26.4 Å². The van der Waals surface area contributed by atoms with Crippen LogP contribution in [-0.4, -0.2) is 24.1 Å². The van der Waals surface area contributed by atoms with Crippen LogP contribution in [0.25, 0.3) is 0 Å². The lowest BCUT2D eigenvalue weighted by atomic mass is 10.2. The van der Waals surface area contributed by atoms with Gasteiger partial charge in [0, 0.05) is 0 Å². The first kappa shape index (κ1) is 12.7. The number of ether oxygens (including phenoxy) is 2. The monoisotopic (exact) mass is 242 g/mol. The largest absolute Gasteiger partial charge is 0.457 e. The summed E-state index contributed by atoms with van der Waals surface area (Å²) in [6.07, 6.45) is 0. The molecule has 1 heterocycles. The second kappa shape index (κ2) is 5.12. The predicted octanol–water partition coefficient (Wildman–Crippen LogP) is 2.25. The third-order valence-electron chi connectivity index (χ3n) is 1.46. The first-order valence-electron chi connectivity index (χ1n) is 4.81. The first-order chi connectivity index (χ1) is 7.38. The molecule has 88 valence electrons. The quantitative estimate of drug-likeness (QED) is 0.763. The molecule has 0 fully saturated rings. The van der Waals surface area contributed by atoms with Crippen molar-refractivity contribution in [1.82, 2.24) is 0 Å². The van der Waals surface area contributed by atoms with Gasteiger partial charge in [0.05, 0.1) is 0 Å². The number of carbonyl (C=O) groups excluding carboxylic acids is 2. The summed E-state index contributed by atoms with van der Waals surface area (Å²) in [7, 11) is 0. The zero-order valence-corrected chi connectivity index (χ0v) is 10.3. The second-order valence-electron chi connectivity index (χ2n) is 4.14. The summed E-state index contributed by atoms with van der Waals surface area (Å²) in [5.41, 5.74) is -0.563. The van der Waals surface area contributed by atoms with Crippen LogP contribution in [0.15, 0.2) is 17.5 Å². The Morgan fingerprint density at radius 2 is 2.06 bits per heavy atom. The molecule has 0 saturated carbocycles. The third kappa shape index (κ3) is 4.44. The van der Waals surface area contributed by atoms with E-state index in [-0.39, 0.29) is 6.61 Å². The lowest BCUT2D eigenvalue weighted by Gasteiger charge is -2.19. The first-order valence-corrected chi connectivity index (χ1v) is 5.69. The summed E-state index contributed by atoms with van der Waals surface area (Å²) in [6, 6.07) is 3.39. The van der Waals surface area contributed by atoms with E-state index in [1.807, 2.05) is 0 Å². The predicted molar refractivity (Wildman–Crippen MR) is 60.4 cm³/mol. The smallest absolute Gasteiger partial charge is 0.348 e. The molecule has 0 aromatic carbocycles. The fourth-order valence-corrected chi connectivity index (χ4v) is 1.58. The zero-order valence-electron chi connectivity index (χ0n) is 9.48. The average molecular weight is 242 g/mol. The van der Waals surface area contributed by atoms with Crippen molar-refractivity contribution in [3.63, 3.8) is 0 Å². The topological polar surface area (TPSA) is 52.6 Å². The lowest BCUT2D eigenvalue weighted by Crippen LogP contribution is -2.27. The van der Waals surface area contributed by atoms with E-state index in [0.29, 0.717) is 4.88 Å². The van der Waals surface area contributed by atoms with Crippen molar-refractivity contribution >= 4 is 23.3 Å². The SMILES string of the molecule is CC(C)(C)OC(=O)COC(=O)c1cccs1. The van der Waals surface area contributed by atoms with E-state index in [9.17, 15) is 9.59 Å². The molecule has 1 rings (SSSR count). The van der Waals surface area contributed by atoms with Gasteiger partial charge in [0.15, 0.2) is 6.61 Å². The molecule has 16 heavy (non-hydrogen) atoms. The van der Waals surface area contributed by atoms with Crippen molar-refractivity contribution < 1.29 is 19.1 Å². The van der Waals surface area contributed by atoms with Crippen LogP contribution in [-0.2, 0) is 14.3 Å². The fraction of sp³-hybridized carbons (Fsp3) is 0.455. The van der Waals surface area contributed by atoms with Crippen molar-refractivity contribution in [3.8, 4) is 0 Å². The zero-order chi connectivity index (χ0) is 12.2. The maximum atomic E-state index is 11.4. The van der Waals surface area contributed by atoms with Crippen LogP contribution in [0, 0.1) is 0 Å².